The molecule has 0 saturated carbocycles. The van der Waals surface area contributed by atoms with Gasteiger partial charge >= 0.3 is 0 Å². The van der Waals surface area contributed by atoms with Crippen LogP contribution < -0.4 is 5.73 Å². The van der Waals surface area contributed by atoms with Crippen LogP contribution in [0.15, 0.2) is 29.3 Å². The summed E-state index contributed by atoms with van der Waals surface area (Å²) >= 11 is 2.94. The van der Waals surface area contributed by atoms with Gasteiger partial charge in [0.05, 0.1) is 11.9 Å². The molecule has 2 rings (SSSR count). The van der Waals surface area contributed by atoms with E-state index in [4.69, 9.17) is 5.73 Å². The Balaban J connectivity index is 0.000000686. The van der Waals surface area contributed by atoms with Gasteiger partial charge in [0.15, 0.2) is 0 Å². The fourth-order valence-electron chi connectivity index (χ4n) is 2.42. The molecule has 1 aromatic carbocycles. The van der Waals surface area contributed by atoms with Gasteiger partial charge in [-0.3, -0.25) is 4.99 Å². The molecular formula is C14H21BrN2. The quantitative estimate of drug-likeness (QED) is 0.479. The van der Waals surface area contributed by atoms with E-state index in [-0.39, 0.29) is 11.5 Å². The van der Waals surface area contributed by atoms with Crippen LogP contribution in [-0.4, -0.2) is 11.7 Å². The summed E-state index contributed by atoms with van der Waals surface area (Å²) in [5.41, 5.74) is 8.64. The molecule has 1 aliphatic rings. The van der Waals surface area contributed by atoms with Gasteiger partial charge in [-0.15, -0.1) is 0 Å². The van der Waals surface area contributed by atoms with Crippen molar-refractivity contribution in [1.29, 1.82) is 0 Å². The normalized spacial score (nSPS) is 21.5. The van der Waals surface area contributed by atoms with Crippen molar-refractivity contribution >= 4 is 21.8 Å². The van der Waals surface area contributed by atoms with E-state index < -0.39 is 0 Å². The fraction of sp³-hybridized carbons (Fsp3) is 0.500. The van der Waals surface area contributed by atoms with E-state index in [1.165, 1.54) is 11.1 Å². The highest BCUT2D eigenvalue weighted by Crippen LogP contribution is 2.47. The number of hydrogen-bond donors (Lipinski definition) is 1. The van der Waals surface area contributed by atoms with E-state index in [1.54, 1.807) is 0 Å². The maximum absolute atomic E-state index is 5.70. The highest BCUT2D eigenvalue weighted by atomic mass is 79.9. The predicted octanol–water partition coefficient (Wildman–Crippen LogP) is 3.70. The maximum Gasteiger partial charge on any atom is 0.0913 e. The molecule has 17 heavy (non-hydrogen) atoms. The molecule has 0 fully saturated rings. The number of hydrogen-bond acceptors (Lipinski definition) is 1. The largest absolute Gasteiger partial charge is 0.388 e. The number of nitrogens with zero attached hydrogens (tertiary/aromatic N) is 1. The second kappa shape index (κ2) is 5.67. The molecule has 1 unspecified atom stereocenters. The van der Waals surface area contributed by atoms with Crippen molar-refractivity contribution in [3.63, 3.8) is 0 Å². The second-order valence-electron chi connectivity index (χ2n) is 5.04. The van der Waals surface area contributed by atoms with Gasteiger partial charge in [0.2, 0.25) is 0 Å². The van der Waals surface area contributed by atoms with Crippen molar-refractivity contribution in [3.8, 4) is 0 Å². The summed E-state index contributed by atoms with van der Waals surface area (Å²) in [6.45, 7) is 6.37. The van der Waals surface area contributed by atoms with Crippen LogP contribution in [0, 0.1) is 5.41 Å². The number of alkyl halides is 1. The van der Waals surface area contributed by atoms with Crippen LogP contribution in [0.25, 0.3) is 0 Å². The Kier molecular flexibility index (Phi) is 4.75. The molecule has 1 aromatic rings. The molecule has 1 aliphatic carbocycles. The Morgan fingerprint density at radius 2 is 1.94 bits per heavy atom. The Morgan fingerprint density at radius 1 is 1.35 bits per heavy atom. The minimum absolute atomic E-state index is 0.185. The van der Waals surface area contributed by atoms with E-state index >= 15 is 0 Å². The van der Waals surface area contributed by atoms with Crippen molar-refractivity contribution < 1.29 is 0 Å². The molecule has 0 spiro atoms. The molecule has 0 aliphatic heterocycles. The van der Waals surface area contributed by atoms with E-state index in [0.717, 1.165) is 6.42 Å². The van der Waals surface area contributed by atoms with Gasteiger partial charge in [0.1, 0.15) is 0 Å². The standard InChI is InChI=1S/C13H18N2.CH3Br/c1-9(14)15-12-11-7-5-4-6-10(11)8-13(12,2)3;1-2/h4-7,12H,8H2,1-3H3,(H2,14,15);1H3. The molecule has 0 bridgehead atoms. The lowest BCUT2D eigenvalue weighted by Gasteiger charge is -2.24. The van der Waals surface area contributed by atoms with Gasteiger partial charge in [-0.2, -0.15) is 0 Å². The van der Waals surface area contributed by atoms with Crippen molar-refractivity contribution in [2.24, 2.45) is 16.1 Å². The van der Waals surface area contributed by atoms with Crippen LogP contribution in [0.2, 0.25) is 0 Å². The van der Waals surface area contributed by atoms with Gasteiger partial charge in [-0.1, -0.05) is 54.0 Å². The highest BCUT2D eigenvalue weighted by molar-refractivity contribution is 9.08. The summed E-state index contributed by atoms with van der Waals surface area (Å²) < 4.78 is 0. The number of halogens is 1. The predicted molar refractivity (Wildman–Crippen MR) is 78.8 cm³/mol. The number of aliphatic imine (C=N–C) groups is 1. The third kappa shape index (κ3) is 3.09. The summed E-state index contributed by atoms with van der Waals surface area (Å²) in [7, 11) is 0. The van der Waals surface area contributed by atoms with Crippen LogP contribution >= 0.6 is 15.9 Å². The summed E-state index contributed by atoms with van der Waals surface area (Å²) in [5, 5.41) is 0. The summed E-state index contributed by atoms with van der Waals surface area (Å²) in [6.07, 6.45) is 1.09. The van der Waals surface area contributed by atoms with Crippen molar-refractivity contribution in [2.45, 2.75) is 33.2 Å². The van der Waals surface area contributed by atoms with Gasteiger partial charge < -0.3 is 5.73 Å². The third-order valence-electron chi connectivity index (χ3n) is 3.07. The minimum Gasteiger partial charge on any atom is -0.388 e. The van der Waals surface area contributed by atoms with E-state index in [1.807, 2.05) is 12.8 Å². The molecule has 2 nitrogen and oxygen atoms in total. The van der Waals surface area contributed by atoms with E-state index in [2.05, 4.69) is 59.0 Å². The molecule has 0 saturated heterocycles. The van der Waals surface area contributed by atoms with Gasteiger partial charge in [0, 0.05) is 0 Å². The van der Waals surface area contributed by atoms with Crippen molar-refractivity contribution in [2.75, 3.05) is 5.83 Å². The molecule has 0 radical (unpaired) electrons. The van der Waals surface area contributed by atoms with Gasteiger partial charge in [-0.25, -0.2) is 0 Å². The van der Waals surface area contributed by atoms with E-state index in [0.29, 0.717) is 5.84 Å². The third-order valence-corrected chi connectivity index (χ3v) is 3.07. The van der Waals surface area contributed by atoms with Gasteiger partial charge in [-0.05, 0) is 35.7 Å². The Morgan fingerprint density at radius 3 is 2.53 bits per heavy atom. The zero-order valence-corrected chi connectivity index (χ0v) is 12.6. The zero-order valence-electron chi connectivity index (χ0n) is 11.0. The number of rotatable bonds is 1. The summed E-state index contributed by atoms with van der Waals surface area (Å²) in [5.74, 6) is 2.48. The monoisotopic (exact) mass is 296 g/mol. The first-order chi connectivity index (χ1) is 8.00. The fourth-order valence-corrected chi connectivity index (χ4v) is 2.42. The van der Waals surface area contributed by atoms with Crippen LogP contribution in [0.5, 0.6) is 0 Å². The summed E-state index contributed by atoms with van der Waals surface area (Å²) in [4.78, 5) is 4.56. The first-order valence-corrected chi connectivity index (χ1v) is 7.35. The zero-order chi connectivity index (χ0) is 13.1. The first-order valence-electron chi connectivity index (χ1n) is 5.76. The molecular weight excluding hydrogens is 276 g/mol. The first kappa shape index (κ1) is 14.2. The number of benzene rings is 1. The van der Waals surface area contributed by atoms with Crippen molar-refractivity contribution in [1.82, 2.24) is 0 Å². The average Bonchev–Trinajstić information content (AvgIpc) is 2.53. The average molecular weight is 297 g/mol. The summed E-state index contributed by atoms with van der Waals surface area (Å²) in [6, 6.07) is 8.75. The molecule has 1 atom stereocenters. The molecule has 3 heteroatoms. The lowest BCUT2D eigenvalue weighted by molar-refractivity contribution is 0.320. The molecule has 0 heterocycles. The Hall–Kier alpha value is -0.830. The molecule has 94 valence electrons. The number of fused-ring (bicyclic) bond motifs is 1. The van der Waals surface area contributed by atoms with E-state index in [9.17, 15) is 0 Å². The SMILES string of the molecule is CBr.CC(N)=NC1c2ccccc2CC1(C)C. The second-order valence-corrected chi connectivity index (χ2v) is 5.04. The van der Waals surface area contributed by atoms with Crippen LogP contribution in [-0.2, 0) is 6.42 Å². The Bertz CT molecular complexity index is 406. The molecule has 2 N–H and O–H groups in total. The minimum atomic E-state index is 0.185. The van der Waals surface area contributed by atoms with Crippen LogP contribution in [0.3, 0.4) is 0 Å². The molecule has 0 aromatic heterocycles. The smallest absolute Gasteiger partial charge is 0.0913 e. The Labute approximate surface area is 112 Å². The number of amidine groups is 1. The topological polar surface area (TPSA) is 38.4 Å². The maximum atomic E-state index is 5.70. The van der Waals surface area contributed by atoms with Crippen molar-refractivity contribution in [3.05, 3.63) is 35.4 Å². The highest BCUT2D eigenvalue weighted by Gasteiger charge is 2.38. The van der Waals surface area contributed by atoms with Gasteiger partial charge in [0.25, 0.3) is 0 Å². The van der Waals surface area contributed by atoms with Crippen LogP contribution in [0.4, 0.5) is 0 Å². The number of nitrogens with two attached hydrogens (primary N) is 1. The molecule has 0 amide bonds. The van der Waals surface area contributed by atoms with Crippen LogP contribution in [0.1, 0.15) is 37.9 Å². The lowest BCUT2D eigenvalue weighted by atomic mass is 9.86. The lowest BCUT2D eigenvalue weighted by Crippen LogP contribution is -2.19.